The Morgan fingerprint density at radius 3 is 2.67 bits per heavy atom. The van der Waals surface area contributed by atoms with Gasteiger partial charge in [0.05, 0.1) is 11.0 Å². The predicted octanol–water partition coefficient (Wildman–Crippen LogP) is -0.131. The molecule has 21 heavy (non-hydrogen) atoms. The zero-order valence-electron chi connectivity index (χ0n) is 10.8. The van der Waals surface area contributed by atoms with Crippen LogP contribution in [0.1, 0.15) is 16.1 Å². The van der Waals surface area contributed by atoms with Gasteiger partial charge in [-0.05, 0) is 23.8 Å². The van der Waals surface area contributed by atoms with Gasteiger partial charge < -0.3 is 15.3 Å². The number of carbonyl (C=O) groups is 1. The second kappa shape index (κ2) is 5.08. The van der Waals surface area contributed by atoms with Crippen LogP contribution in [0, 0.1) is 0 Å². The number of H-pyrrole nitrogens is 3. The van der Waals surface area contributed by atoms with Gasteiger partial charge in [0.2, 0.25) is 0 Å². The van der Waals surface area contributed by atoms with Crippen molar-refractivity contribution in [2.45, 2.75) is 6.54 Å². The standard InChI is InChI=1S/C13H11N5O3/c19-11-4-3-9(17-18-11)12(20)14-6-7-1-2-8-10(5-7)16-13(21)15-8/h1-5H,6H2,(H,14,20)(H,18,19)(H2,15,16,21). The highest BCUT2D eigenvalue weighted by atomic mass is 16.2. The Bertz CT molecular complexity index is 901. The van der Waals surface area contributed by atoms with E-state index in [0.29, 0.717) is 11.0 Å². The number of imidazole rings is 1. The minimum Gasteiger partial charge on any atom is -0.347 e. The highest BCUT2D eigenvalue weighted by Gasteiger charge is 2.07. The van der Waals surface area contributed by atoms with Crippen LogP contribution in [0.25, 0.3) is 11.0 Å². The van der Waals surface area contributed by atoms with Crippen molar-refractivity contribution in [3.05, 3.63) is 62.4 Å². The molecule has 0 unspecified atom stereocenters. The molecule has 0 spiro atoms. The average Bonchev–Trinajstić information content (AvgIpc) is 2.84. The Labute approximate surface area is 117 Å². The molecule has 0 saturated heterocycles. The van der Waals surface area contributed by atoms with Gasteiger partial charge >= 0.3 is 5.69 Å². The van der Waals surface area contributed by atoms with Crippen LogP contribution in [0.4, 0.5) is 0 Å². The molecule has 1 amide bonds. The van der Waals surface area contributed by atoms with Crippen LogP contribution in [0.3, 0.4) is 0 Å². The fourth-order valence-corrected chi connectivity index (χ4v) is 1.93. The van der Waals surface area contributed by atoms with Gasteiger partial charge in [0.15, 0.2) is 0 Å². The molecule has 0 aliphatic carbocycles. The van der Waals surface area contributed by atoms with Crippen molar-refractivity contribution < 1.29 is 4.79 Å². The molecule has 0 fully saturated rings. The van der Waals surface area contributed by atoms with Crippen molar-refractivity contribution >= 4 is 16.9 Å². The third-order valence-corrected chi connectivity index (χ3v) is 2.95. The molecular weight excluding hydrogens is 274 g/mol. The number of amides is 1. The number of nitrogens with zero attached hydrogens (tertiary/aromatic N) is 1. The Morgan fingerprint density at radius 2 is 1.90 bits per heavy atom. The summed E-state index contributed by atoms with van der Waals surface area (Å²) in [4.78, 5) is 39.2. The minimum absolute atomic E-state index is 0.130. The molecule has 3 rings (SSSR count). The molecule has 3 aromatic rings. The van der Waals surface area contributed by atoms with Gasteiger partial charge in [0.25, 0.3) is 11.5 Å². The minimum atomic E-state index is -0.395. The van der Waals surface area contributed by atoms with Gasteiger partial charge in [-0.25, -0.2) is 9.89 Å². The van der Waals surface area contributed by atoms with Crippen LogP contribution in [-0.4, -0.2) is 26.1 Å². The van der Waals surface area contributed by atoms with Crippen molar-refractivity contribution in [3.8, 4) is 0 Å². The summed E-state index contributed by atoms with van der Waals surface area (Å²) in [5.41, 5.74) is 1.70. The molecule has 0 radical (unpaired) electrons. The summed E-state index contributed by atoms with van der Waals surface area (Å²) in [5.74, 6) is -0.395. The fourth-order valence-electron chi connectivity index (χ4n) is 1.93. The van der Waals surface area contributed by atoms with Crippen LogP contribution in [-0.2, 0) is 6.54 Å². The second-order valence-corrected chi connectivity index (χ2v) is 4.45. The molecule has 0 bridgehead atoms. The first kappa shape index (κ1) is 12.9. The second-order valence-electron chi connectivity index (χ2n) is 4.45. The van der Waals surface area contributed by atoms with Crippen molar-refractivity contribution in [2.24, 2.45) is 0 Å². The quantitative estimate of drug-likeness (QED) is 0.535. The van der Waals surface area contributed by atoms with Gasteiger partial charge in [-0.1, -0.05) is 6.07 Å². The molecule has 0 saturated carbocycles. The summed E-state index contributed by atoms with van der Waals surface area (Å²) in [6, 6.07) is 7.91. The molecule has 2 aromatic heterocycles. The molecule has 106 valence electrons. The number of aromatic amines is 3. The van der Waals surface area contributed by atoms with Gasteiger partial charge in [-0.2, -0.15) is 5.10 Å². The van der Waals surface area contributed by atoms with Gasteiger partial charge in [0.1, 0.15) is 5.69 Å². The fraction of sp³-hybridized carbons (Fsp3) is 0.0769. The zero-order valence-corrected chi connectivity index (χ0v) is 10.8. The predicted molar refractivity (Wildman–Crippen MR) is 74.9 cm³/mol. The number of nitrogens with one attached hydrogen (secondary N) is 4. The number of rotatable bonds is 3. The van der Waals surface area contributed by atoms with E-state index in [2.05, 4.69) is 25.5 Å². The van der Waals surface area contributed by atoms with E-state index in [4.69, 9.17) is 0 Å². The maximum atomic E-state index is 11.8. The molecule has 8 nitrogen and oxygen atoms in total. The van der Waals surface area contributed by atoms with Crippen LogP contribution in [0.2, 0.25) is 0 Å². The van der Waals surface area contributed by atoms with E-state index in [1.807, 2.05) is 0 Å². The first-order valence-electron chi connectivity index (χ1n) is 6.17. The molecule has 0 aliphatic heterocycles. The van der Waals surface area contributed by atoms with Crippen molar-refractivity contribution in [2.75, 3.05) is 0 Å². The highest BCUT2D eigenvalue weighted by molar-refractivity contribution is 5.92. The third kappa shape index (κ3) is 2.73. The monoisotopic (exact) mass is 285 g/mol. The number of carbonyl (C=O) groups excluding carboxylic acids is 1. The van der Waals surface area contributed by atoms with E-state index < -0.39 is 5.91 Å². The lowest BCUT2D eigenvalue weighted by atomic mass is 10.2. The average molecular weight is 285 g/mol. The lowest BCUT2D eigenvalue weighted by molar-refractivity contribution is 0.0945. The van der Waals surface area contributed by atoms with E-state index in [1.54, 1.807) is 18.2 Å². The first-order valence-corrected chi connectivity index (χ1v) is 6.17. The number of hydrogen-bond acceptors (Lipinski definition) is 4. The Hall–Kier alpha value is -3.16. The lowest BCUT2D eigenvalue weighted by Crippen LogP contribution is -2.25. The Balaban J connectivity index is 1.73. The van der Waals surface area contributed by atoms with E-state index in [9.17, 15) is 14.4 Å². The van der Waals surface area contributed by atoms with Crippen molar-refractivity contribution in [1.82, 2.24) is 25.5 Å². The van der Waals surface area contributed by atoms with E-state index in [0.717, 1.165) is 5.56 Å². The largest absolute Gasteiger partial charge is 0.347 e. The lowest BCUT2D eigenvalue weighted by Gasteiger charge is -2.04. The van der Waals surface area contributed by atoms with Gasteiger partial charge in [-0.3, -0.25) is 9.59 Å². The van der Waals surface area contributed by atoms with Crippen LogP contribution in [0.15, 0.2) is 39.9 Å². The zero-order chi connectivity index (χ0) is 14.8. The number of hydrogen-bond donors (Lipinski definition) is 4. The third-order valence-electron chi connectivity index (χ3n) is 2.95. The molecule has 0 aliphatic rings. The van der Waals surface area contributed by atoms with Crippen molar-refractivity contribution in [3.63, 3.8) is 0 Å². The highest BCUT2D eigenvalue weighted by Crippen LogP contribution is 2.09. The first-order chi connectivity index (χ1) is 10.1. The van der Waals surface area contributed by atoms with E-state index in [1.165, 1.54) is 12.1 Å². The summed E-state index contributed by atoms with van der Waals surface area (Å²) in [7, 11) is 0. The topological polar surface area (TPSA) is 123 Å². The van der Waals surface area contributed by atoms with Gasteiger partial charge in [0, 0.05) is 12.6 Å². The number of aromatic nitrogens is 4. The summed E-state index contributed by atoms with van der Waals surface area (Å²) in [6.07, 6.45) is 0. The summed E-state index contributed by atoms with van der Waals surface area (Å²) in [6.45, 7) is 0.281. The van der Waals surface area contributed by atoms with Crippen LogP contribution >= 0.6 is 0 Å². The summed E-state index contributed by atoms with van der Waals surface area (Å²) in [5, 5.41) is 8.52. The summed E-state index contributed by atoms with van der Waals surface area (Å²) >= 11 is 0. The Kier molecular flexibility index (Phi) is 3.11. The van der Waals surface area contributed by atoms with Gasteiger partial charge in [-0.15, -0.1) is 0 Å². The molecule has 1 aromatic carbocycles. The van der Waals surface area contributed by atoms with Crippen molar-refractivity contribution in [1.29, 1.82) is 0 Å². The molecule has 4 N–H and O–H groups in total. The number of fused-ring (bicyclic) bond motifs is 1. The molecule has 8 heteroatoms. The molecule has 2 heterocycles. The number of benzene rings is 1. The smallest absolute Gasteiger partial charge is 0.323 e. The molecular formula is C13H11N5O3. The SMILES string of the molecule is O=C(NCc1ccc2[nH]c(=O)[nH]c2c1)c1ccc(=O)[nH]n1. The van der Waals surface area contributed by atoms with Crippen LogP contribution < -0.4 is 16.6 Å². The maximum absolute atomic E-state index is 11.8. The van der Waals surface area contributed by atoms with Crippen LogP contribution in [0.5, 0.6) is 0 Å². The summed E-state index contributed by atoms with van der Waals surface area (Å²) < 4.78 is 0. The maximum Gasteiger partial charge on any atom is 0.323 e. The van der Waals surface area contributed by atoms with E-state index in [-0.39, 0.29) is 23.5 Å². The normalized spacial score (nSPS) is 10.7. The van der Waals surface area contributed by atoms with E-state index >= 15 is 0 Å². The molecule has 0 atom stereocenters. The Morgan fingerprint density at radius 1 is 1.10 bits per heavy atom.